The number of carbonyl (C=O) groups excluding carboxylic acids is 2. The number of aliphatic hydroxyl groups excluding tert-OH is 1. The van der Waals surface area contributed by atoms with Crippen molar-refractivity contribution in [2.75, 3.05) is 25.5 Å². The molecule has 0 fully saturated rings. The van der Waals surface area contributed by atoms with Crippen molar-refractivity contribution in [3.63, 3.8) is 0 Å². The fourth-order valence-corrected chi connectivity index (χ4v) is 3.94. The number of anilines is 1. The van der Waals surface area contributed by atoms with Crippen LogP contribution in [0, 0.1) is 0 Å². The molecule has 3 heterocycles. The van der Waals surface area contributed by atoms with E-state index in [-0.39, 0.29) is 32.5 Å². The van der Waals surface area contributed by atoms with Crippen LogP contribution in [0.5, 0.6) is 23.0 Å². The monoisotopic (exact) mass is 483 g/mol. The SMILES string of the molecule is O=C(C[C@H]1C=C[C@@H](NC(=O)Nc2ccc3c(c2)OCO3)[C@H](CO)O1)NCc1ccc2c(c1)OCO2. The minimum atomic E-state index is -0.700. The number of hydrogen-bond acceptors (Lipinski definition) is 8. The van der Waals surface area contributed by atoms with Crippen LogP contribution in [-0.4, -0.2) is 55.5 Å². The first kappa shape index (κ1) is 22.8. The number of amides is 3. The molecule has 3 amide bonds. The first-order chi connectivity index (χ1) is 17.1. The summed E-state index contributed by atoms with van der Waals surface area (Å²) in [5, 5.41) is 18.1. The lowest BCUT2D eigenvalue weighted by molar-refractivity contribution is -0.125. The lowest BCUT2D eigenvalue weighted by atomic mass is 10.0. The number of aliphatic hydroxyl groups is 1. The highest BCUT2D eigenvalue weighted by molar-refractivity contribution is 5.90. The largest absolute Gasteiger partial charge is 0.454 e. The van der Waals surface area contributed by atoms with E-state index < -0.39 is 24.3 Å². The fourth-order valence-electron chi connectivity index (χ4n) is 3.94. The zero-order valence-electron chi connectivity index (χ0n) is 18.7. The number of rotatable bonds is 7. The smallest absolute Gasteiger partial charge is 0.319 e. The van der Waals surface area contributed by atoms with E-state index in [4.69, 9.17) is 23.7 Å². The number of carbonyl (C=O) groups is 2. The molecule has 11 nitrogen and oxygen atoms in total. The average Bonchev–Trinajstić information content (AvgIpc) is 3.52. The van der Waals surface area contributed by atoms with Gasteiger partial charge in [0.15, 0.2) is 23.0 Å². The molecule has 11 heteroatoms. The predicted octanol–water partition coefficient (Wildman–Crippen LogP) is 1.66. The Morgan fingerprint density at radius 3 is 2.40 bits per heavy atom. The summed E-state index contributed by atoms with van der Waals surface area (Å²) >= 11 is 0. The second kappa shape index (κ2) is 10.1. The molecule has 4 N–H and O–H groups in total. The zero-order valence-corrected chi connectivity index (χ0v) is 18.7. The van der Waals surface area contributed by atoms with Crippen LogP contribution in [-0.2, 0) is 16.1 Å². The second-order valence-corrected chi connectivity index (χ2v) is 8.14. The third kappa shape index (κ3) is 5.42. The molecule has 2 aromatic rings. The fraction of sp³-hybridized carbons (Fsp3) is 0.333. The van der Waals surface area contributed by atoms with Crippen molar-refractivity contribution in [1.82, 2.24) is 10.6 Å². The van der Waals surface area contributed by atoms with Gasteiger partial charge in [0.05, 0.1) is 25.2 Å². The van der Waals surface area contributed by atoms with Gasteiger partial charge in [-0.25, -0.2) is 4.79 Å². The standard InChI is InChI=1S/C24H25N3O8/c28-11-22-17(27-24(30)26-15-2-6-19-21(8-15)34-13-32-19)4-3-16(35-22)9-23(29)25-10-14-1-5-18-20(7-14)33-12-31-18/h1-8,16-17,22,28H,9-13H2,(H,25,29)(H2,26,27,30)/t16-,17-,22+/m1/s1. The van der Waals surface area contributed by atoms with Crippen LogP contribution in [0.25, 0.3) is 0 Å². The van der Waals surface area contributed by atoms with E-state index in [0.717, 1.165) is 5.56 Å². The maximum atomic E-state index is 12.4. The van der Waals surface area contributed by atoms with Crippen molar-refractivity contribution in [3.8, 4) is 23.0 Å². The average molecular weight is 483 g/mol. The first-order valence-corrected chi connectivity index (χ1v) is 11.1. The van der Waals surface area contributed by atoms with Gasteiger partial charge in [-0.05, 0) is 29.8 Å². The predicted molar refractivity (Wildman–Crippen MR) is 122 cm³/mol. The normalized spacial score (nSPS) is 21.5. The van der Waals surface area contributed by atoms with Crippen LogP contribution in [0.3, 0.4) is 0 Å². The van der Waals surface area contributed by atoms with Gasteiger partial charge in [-0.1, -0.05) is 18.2 Å². The molecule has 5 rings (SSSR count). The summed E-state index contributed by atoms with van der Waals surface area (Å²) in [6, 6.07) is 9.52. The van der Waals surface area contributed by atoms with Crippen molar-refractivity contribution in [3.05, 3.63) is 54.1 Å². The molecule has 0 unspecified atom stereocenters. The molecule has 3 aliphatic heterocycles. The summed E-state index contributed by atoms with van der Waals surface area (Å²) in [6.07, 6.45) is 2.28. The van der Waals surface area contributed by atoms with E-state index in [1.165, 1.54) is 0 Å². The number of urea groups is 1. The lowest BCUT2D eigenvalue weighted by Gasteiger charge is -2.31. The third-order valence-corrected chi connectivity index (χ3v) is 5.70. The minimum Gasteiger partial charge on any atom is -0.454 e. The second-order valence-electron chi connectivity index (χ2n) is 8.14. The Bertz CT molecular complexity index is 1140. The van der Waals surface area contributed by atoms with E-state index in [0.29, 0.717) is 35.2 Å². The molecule has 0 aliphatic carbocycles. The number of benzene rings is 2. The highest BCUT2D eigenvalue weighted by Gasteiger charge is 2.29. The van der Waals surface area contributed by atoms with E-state index in [9.17, 15) is 14.7 Å². The quantitative estimate of drug-likeness (QED) is 0.437. The number of nitrogens with one attached hydrogen (secondary N) is 3. The summed E-state index contributed by atoms with van der Waals surface area (Å²) in [5.41, 5.74) is 1.42. The molecular formula is C24H25N3O8. The van der Waals surface area contributed by atoms with Crippen molar-refractivity contribution in [2.24, 2.45) is 0 Å². The van der Waals surface area contributed by atoms with Crippen LogP contribution < -0.4 is 34.9 Å². The number of fused-ring (bicyclic) bond motifs is 2. The Morgan fingerprint density at radius 2 is 1.63 bits per heavy atom. The molecule has 0 radical (unpaired) electrons. The van der Waals surface area contributed by atoms with Crippen molar-refractivity contribution >= 4 is 17.6 Å². The summed E-state index contributed by atoms with van der Waals surface area (Å²) in [7, 11) is 0. The summed E-state index contributed by atoms with van der Waals surface area (Å²) in [4.78, 5) is 24.9. The Labute approximate surface area is 200 Å². The van der Waals surface area contributed by atoms with Crippen LogP contribution in [0.4, 0.5) is 10.5 Å². The van der Waals surface area contributed by atoms with Crippen LogP contribution in [0.15, 0.2) is 48.6 Å². The molecule has 184 valence electrons. The Kier molecular flexibility index (Phi) is 6.59. The van der Waals surface area contributed by atoms with Gasteiger partial charge in [0.2, 0.25) is 19.5 Å². The molecule has 0 aromatic heterocycles. The Morgan fingerprint density at radius 1 is 0.914 bits per heavy atom. The third-order valence-electron chi connectivity index (χ3n) is 5.70. The molecule has 3 atom stereocenters. The highest BCUT2D eigenvalue weighted by Crippen LogP contribution is 2.34. The van der Waals surface area contributed by atoms with Gasteiger partial charge in [0.1, 0.15) is 6.10 Å². The van der Waals surface area contributed by atoms with E-state index in [1.807, 2.05) is 12.1 Å². The van der Waals surface area contributed by atoms with E-state index >= 15 is 0 Å². The van der Waals surface area contributed by atoms with Gasteiger partial charge in [0, 0.05) is 18.3 Å². The van der Waals surface area contributed by atoms with Crippen LogP contribution >= 0.6 is 0 Å². The molecule has 0 spiro atoms. The lowest BCUT2D eigenvalue weighted by Crippen LogP contribution is -2.50. The first-order valence-electron chi connectivity index (χ1n) is 11.1. The molecule has 35 heavy (non-hydrogen) atoms. The van der Waals surface area contributed by atoms with E-state index in [2.05, 4.69) is 16.0 Å². The van der Waals surface area contributed by atoms with Gasteiger partial charge in [0.25, 0.3) is 0 Å². The van der Waals surface area contributed by atoms with Gasteiger partial charge in [-0.15, -0.1) is 0 Å². The molecule has 3 aliphatic rings. The number of hydrogen-bond donors (Lipinski definition) is 4. The maximum Gasteiger partial charge on any atom is 0.319 e. The van der Waals surface area contributed by atoms with Crippen molar-refractivity contribution in [1.29, 1.82) is 0 Å². The maximum absolute atomic E-state index is 12.4. The molecule has 0 bridgehead atoms. The Balaban J connectivity index is 1.10. The molecule has 2 aromatic carbocycles. The van der Waals surface area contributed by atoms with Crippen molar-refractivity contribution < 1.29 is 38.4 Å². The highest BCUT2D eigenvalue weighted by atomic mass is 16.7. The minimum absolute atomic E-state index is 0.0770. The van der Waals surface area contributed by atoms with Gasteiger partial charge in [-0.2, -0.15) is 0 Å². The van der Waals surface area contributed by atoms with E-state index in [1.54, 1.807) is 36.4 Å². The topological polar surface area (TPSA) is 137 Å². The van der Waals surface area contributed by atoms with Crippen LogP contribution in [0.2, 0.25) is 0 Å². The van der Waals surface area contributed by atoms with Gasteiger partial charge >= 0.3 is 6.03 Å². The summed E-state index contributed by atoms with van der Waals surface area (Å²) in [5.74, 6) is 2.30. The molecular weight excluding hydrogens is 458 g/mol. The number of ether oxygens (including phenoxy) is 5. The van der Waals surface area contributed by atoms with Gasteiger partial charge in [-0.3, -0.25) is 4.79 Å². The summed E-state index contributed by atoms with van der Waals surface area (Å²) in [6.45, 7) is 0.345. The summed E-state index contributed by atoms with van der Waals surface area (Å²) < 4.78 is 27.0. The molecule has 0 saturated carbocycles. The van der Waals surface area contributed by atoms with Gasteiger partial charge < -0.3 is 44.7 Å². The van der Waals surface area contributed by atoms with Crippen molar-refractivity contribution in [2.45, 2.75) is 31.2 Å². The van der Waals surface area contributed by atoms with Crippen LogP contribution in [0.1, 0.15) is 12.0 Å². The zero-order chi connectivity index (χ0) is 24.2. The Hall–Kier alpha value is -3.96. The molecule has 0 saturated heterocycles.